The summed E-state index contributed by atoms with van der Waals surface area (Å²) in [5, 5.41) is 4.01. The third-order valence-corrected chi connectivity index (χ3v) is 3.24. The average molecular weight is 253 g/mol. The maximum absolute atomic E-state index is 6.28. The lowest BCUT2D eigenvalue weighted by Crippen LogP contribution is -2.34. The first-order valence-electron chi connectivity index (χ1n) is 7.22. The van der Waals surface area contributed by atoms with E-state index in [1.807, 2.05) is 6.92 Å². The van der Waals surface area contributed by atoms with Gasteiger partial charge in [0.15, 0.2) is 5.82 Å². The van der Waals surface area contributed by atoms with Crippen LogP contribution in [-0.4, -0.2) is 10.1 Å². The Labute approximate surface area is 110 Å². The van der Waals surface area contributed by atoms with Crippen molar-refractivity contribution in [3.05, 3.63) is 11.7 Å². The fourth-order valence-corrected chi connectivity index (χ4v) is 2.01. The molecule has 1 aromatic rings. The molecule has 0 aliphatic carbocycles. The Kier molecular flexibility index (Phi) is 6.33. The van der Waals surface area contributed by atoms with Gasteiger partial charge in [0.25, 0.3) is 0 Å². The molecule has 18 heavy (non-hydrogen) atoms. The molecule has 0 fully saturated rings. The van der Waals surface area contributed by atoms with Crippen molar-refractivity contribution in [1.82, 2.24) is 10.1 Å². The zero-order chi connectivity index (χ0) is 13.4. The minimum absolute atomic E-state index is 0.457. The highest BCUT2D eigenvalue weighted by Crippen LogP contribution is 2.22. The number of nitrogens with two attached hydrogens (primary N) is 1. The number of aromatic nitrogens is 2. The quantitative estimate of drug-likeness (QED) is 0.683. The fraction of sp³-hybridized carbons (Fsp3) is 0.857. The van der Waals surface area contributed by atoms with E-state index in [1.165, 1.54) is 25.7 Å². The molecule has 1 aromatic heterocycles. The van der Waals surface area contributed by atoms with E-state index in [1.54, 1.807) is 0 Å². The van der Waals surface area contributed by atoms with Gasteiger partial charge in [-0.2, -0.15) is 4.98 Å². The van der Waals surface area contributed by atoms with Crippen LogP contribution in [0.5, 0.6) is 0 Å². The lowest BCUT2D eigenvalue weighted by molar-refractivity contribution is 0.342. The van der Waals surface area contributed by atoms with Gasteiger partial charge in [-0.1, -0.05) is 51.1 Å². The largest absolute Gasteiger partial charge is 0.339 e. The van der Waals surface area contributed by atoms with Gasteiger partial charge >= 0.3 is 0 Å². The molecule has 0 spiro atoms. The third-order valence-electron chi connectivity index (χ3n) is 3.24. The maximum Gasteiger partial charge on any atom is 0.226 e. The van der Waals surface area contributed by atoms with Gasteiger partial charge in [0.1, 0.15) is 0 Å². The molecule has 0 aliphatic heterocycles. The van der Waals surface area contributed by atoms with Crippen molar-refractivity contribution in [2.45, 2.75) is 77.7 Å². The van der Waals surface area contributed by atoms with Crippen LogP contribution in [0.1, 0.15) is 77.4 Å². The maximum atomic E-state index is 6.28. The Morgan fingerprint density at radius 2 is 1.83 bits per heavy atom. The average Bonchev–Trinajstić information content (AvgIpc) is 2.79. The van der Waals surface area contributed by atoms with Crippen LogP contribution in [0.4, 0.5) is 0 Å². The number of unbranched alkanes of at least 4 members (excludes halogenated alkanes) is 4. The van der Waals surface area contributed by atoms with E-state index in [0.717, 1.165) is 25.7 Å². The summed E-state index contributed by atoms with van der Waals surface area (Å²) in [6, 6.07) is 0. The smallest absolute Gasteiger partial charge is 0.226 e. The van der Waals surface area contributed by atoms with E-state index in [0.29, 0.717) is 11.7 Å². The molecule has 0 aliphatic rings. The van der Waals surface area contributed by atoms with Crippen molar-refractivity contribution < 1.29 is 4.52 Å². The Morgan fingerprint density at radius 1 is 1.11 bits per heavy atom. The molecule has 0 bridgehead atoms. The van der Waals surface area contributed by atoms with Crippen LogP contribution in [-0.2, 0) is 12.0 Å². The second kappa shape index (κ2) is 7.52. The van der Waals surface area contributed by atoms with Gasteiger partial charge in [-0.15, -0.1) is 0 Å². The van der Waals surface area contributed by atoms with E-state index in [-0.39, 0.29) is 0 Å². The van der Waals surface area contributed by atoms with Gasteiger partial charge in [0, 0.05) is 6.42 Å². The number of rotatable bonds is 9. The molecule has 0 saturated heterocycles. The standard InChI is InChI=1S/C14H27N3O/c1-4-6-7-8-9-11-14(3,15)13-16-12(10-5-2)18-17-13/h4-11,15H2,1-3H3. The highest BCUT2D eigenvalue weighted by atomic mass is 16.5. The number of hydrogen-bond acceptors (Lipinski definition) is 4. The highest BCUT2D eigenvalue weighted by Gasteiger charge is 2.26. The van der Waals surface area contributed by atoms with Crippen LogP contribution in [0.2, 0.25) is 0 Å². The minimum Gasteiger partial charge on any atom is -0.339 e. The van der Waals surface area contributed by atoms with E-state index in [4.69, 9.17) is 10.3 Å². The van der Waals surface area contributed by atoms with Crippen molar-refractivity contribution in [2.75, 3.05) is 0 Å². The van der Waals surface area contributed by atoms with Gasteiger partial charge in [-0.05, 0) is 19.8 Å². The lowest BCUT2D eigenvalue weighted by Gasteiger charge is -2.20. The van der Waals surface area contributed by atoms with Gasteiger partial charge in [-0.25, -0.2) is 0 Å². The van der Waals surface area contributed by atoms with Crippen LogP contribution >= 0.6 is 0 Å². The van der Waals surface area contributed by atoms with Crippen LogP contribution in [0.3, 0.4) is 0 Å². The van der Waals surface area contributed by atoms with Crippen LogP contribution < -0.4 is 5.73 Å². The predicted molar refractivity (Wildman–Crippen MR) is 73.2 cm³/mol. The van der Waals surface area contributed by atoms with Gasteiger partial charge in [0.2, 0.25) is 5.89 Å². The summed E-state index contributed by atoms with van der Waals surface area (Å²) in [6.07, 6.45) is 9.00. The molecule has 4 nitrogen and oxygen atoms in total. The van der Waals surface area contributed by atoms with Crippen LogP contribution in [0.15, 0.2) is 4.52 Å². The lowest BCUT2D eigenvalue weighted by atomic mass is 9.94. The van der Waals surface area contributed by atoms with E-state index < -0.39 is 5.54 Å². The van der Waals surface area contributed by atoms with Crippen molar-refractivity contribution >= 4 is 0 Å². The molecular weight excluding hydrogens is 226 g/mol. The summed E-state index contributed by atoms with van der Waals surface area (Å²) in [7, 11) is 0. The normalized spacial score (nSPS) is 14.7. The number of nitrogens with zero attached hydrogens (tertiary/aromatic N) is 2. The second-order valence-corrected chi connectivity index (χ2v) is 5.34. The molecule has 4 heteroatoms. The third kappa shape index (κ3) is 4.77. The number of hydrogen-bond donors (Lipinski definition) is 1. The first kappa shape index (κ1) is 15.2. The molecule has 1 atom stereocenters. The predicted octanol–water partition coefficient (Wildman–Crippen LogP) is 3.56. The molecule has 0 saturated carbocycles. The first-order valence-corrected chi connectivity index (χ1v) is 7.22. The SMILES string of the molecule is CCCCCCCC(C)(N)c1noc(CCC)n1. The summed E-state index contributed by atoms with van der Waals surface area (Å²) in [5.74, 6) is 1.36. The van der Waals surface area contributed by atoms with Crippen molar-refractivity contribution in [3.8, 4) is 0 Å². The van der Waals surface area contributed by atoms with Crippen molar-refractivity contribution in [3.63, 3.8) is 0 Å². The zero-order valence-electron chi connectivity index (χ0n) is 12.0. The highest BCUT2D eigenvalue weighted by molar-refractivity contribution is 5.01. The summed E-state index contributed by atoms with van der Waals surface area (Å²) < 4.78 is 5.20. The monoisotopic (exact) mass is 253 g/mol. The molecular formula is C14H27N3O. The summed E-state index contributed by atoms with van der Waals surface area (Å²) >= 11 is 0. The molecule has 1 heterocycles. The topological polar surface area (TPSA) is 64.9 Å². The first-order chi connectivity index (χ1) is 8.60. The van der Waals surface area contributed by atoms with E-state index >= 15 is 0 Å². The second-order valence-electron chi connectivity index (χ2n) is 5.34. The molecule has 2 N–H and O–H groups in total. The Bertz CT molecular complexity index is 334. The molecule has 0 radical (unpaired) electrons. The molecule has 104 valence electrons. The molecule has 1 unspecified atom stereocenters. The van der Waals surface area contributed by atoms with E-state index in [2.05, 4.69) is 24.0 Å². The van der Waals surface area contributed by atoms with Crippen molar-refractivity contribution in [2.24, 2.45) is 5.73 Å². The van der Waals surface area contributed by atoms with Gasteiger partial charge < -0.3 is 10.3 Å². The fourth-order valence-electron chi connectivity index (χ4n) is 2.01. The molecule has 1 rings (SSSR count). The summed E-state index contributed by atoms with van der Waals surface area (Å²) in [5.41, 5.74) is 5.82. The molecule has 0 amide bonds. The van der Waals surface area contributed by atoms with Gasteiger partial charge in [0.05, 0.1) is 5.54 Å². The number of aryl methyl sites for hydroxylation is 1. The zero-order valence-corrected chi connectivity index (χ0v) is 12.0. The molecule has 0 aromatic carbocycles. The Morgan fingerprint density at radius 3 is 2.50 bits per heavy atom. The van der Waals surface area contributed by atoms with E-state index in [9.17, 15) is 0 Å². The van der Waals surface area contributed by atoms with Crippen molar-refractivity contribution in [1.29, 1.82) is 0 Å². The van der Waals surface area contributed by atoms with Gasteiger partial charge in [-0.3, -0.25) is 0 Å². The Balaban J connectivity index is 2.40. The van der Waals surface area contributed by atoms with Crippen LogP contribution in [0, 0.1) is 0 Å². The van der Waals surface area contributed by atoms with Crippen LogP contribution in [0.25, 0.3) is 0 Å². The minimum atomic E-state index is -0.457. The summed E-state index contributed by atoms with van der Waals surface area (Å²) in [6.45, 7) is 6.31. The Hall–Kier alpha value is -0.900. The summed E-state index contributed by atoms with van der Waals surface area (Å²) in [4.78, 5) is 4.38.